The number of nitrogens with zero attached hydrogens (tertiary/aromatic N) is 2. The lowest BCUT2D eigenvalue weighted by atomic mass is 9.76. The first kappa shape index (κ1) is 18.6. The van der Waals surface area contributed by atoms with Crippen LogP contribution in [0.5, 0.6) is 5.75 Å². The van der Waals surface area contributed by atoms with Crippen molar-refractivity contribution in [1.82, 2.24) is 9.78 Å². The molecule has 1 atom stereocenters. The first-order valence-electron chi connectivity index (χ1n) is 10.1. The van der Waals surface area contributed by atoms with Gasteiger partial charge in [-0.05, 0) is 61.7 Å². The van der Waals surface area contributed by atoms with Crippen LogP contribution in [0.15, 0.2) is 59.8 Å². The number of aryl methyl sites for hydroxylation is 1. The summed E-state index contributed by atoms with van der Waals surface area (Å²) in [6.07, 6.45) is 2.22. The lowest BCUT2D eigenvalue weighted by molar-refractivity contribution is -0.116. The molecule has 1 aliphatic carbocycles. The molecule has 5 rings (SSSR count). The van der Waals surface area contributed by atoms with E-state index in [1.807, 2.05) is 35.9 Å². The zero-order valence-corrected chi connectivity index (χ0v) is 16.9. The Morgan fingerprint density at radius 2 is 1.83 bits per heavy atom. The van der Waals surface area contributed by atoms with E-state index in [-0.39, 0.29) is 17.5 Å². The van der Waals surface area contributed by atoms with E-state index in [0.29, 0.717) is 6.42 Å². The molecule has 2 heterocycles. The van der Waals surface area contributed by atoms with Gasteiger partial charge in [-0.25, -0.2) is 9.07 Å². The summed E-state index contributed by atoms with van der Waals surface area (Å²) >= 11 is 0. The third-order valence-corrected chi connectivity index (χ3v) is 5.93. The normalized spacial score (nSPS) is 18.0. The Morgan fingerprint density at radius 1 is 1.10 bits per heavy atom. The van der Waals surface area contributed by atoms with Crippen LogP contribution in [0.25, 0.3) is 5.69 Å². The van der Waals surface area contributed by atoms with Crippen LogP contribution in [0, 0.1) is 12.7 Å². The van der Waals surface area contributed by atoms with Crippen LogP contribution in [0.1, 0.15) is 42.0 Å². The maximum atomic E-state index is 13.5. The quantitative estimate of drug-likeness (QED) is 0.676. The van der Waals surface area contributed by atoms with E-state index in [4.69, 9.17) is 9.84 Å². The smallest absolute Gasteiger partial charge is 0.161 e. The van der Waals surface area contributed by atoms with Crippen molar-refractivity contribution < 1.29 is 13.9 Å². The Bertz CT molecular complexity index is 1160. The second-order valence-corrected chi connectivity index (χ2v) is 7.74. The molecule has 1 N–H and O–H groups in total. The fraction of sp³-hybridized carbons (Fsp3) is 0.250. The standard InChI is InChI=1S/C24H22FN3O2/c1-14-21-22(15-6-12-18(30-2)13-7-15)23-19(4-3-5-20(23)29)26-24(21)28(27-14)17-10-8-16(25)9-11-17/h6-13,22,26H,3-5H2,1-2H3. The number of methoxy groups -OCH3 is 1. The van der Waals surface area contributed by atoms with Crippen molar-refractivity contribution in [3.63, 3.8) is 0 Å². The molecule has 1 aromatic heterocycles. The van der Waals surface area contributed by atoms with Crippen LogP contribution in [0.4, 0.5) is 10.2 Å². The molecule has 1 aliphatic heterocycles. The zero-order valence-electron chi connectivity index (χ0n) is 16.9. The minimum Gasteiger partial charge on any atom is -0.497 e. The summed E-state index contributed by atoms with van der Waals surface area (Å²) in [5, 5.41) is 8.25. The molecule has 5 nitrogen and oxygen atoms in total. The average Bonchev–Trinajstić information content (AvgIpc) is 3.09. The molecule has 0 amide bonds. The highest BCUT2D eigenvalue weighted by Gasteiger charge is 2.38. The lowest BCUT2D eigenvalue weighted by Crippen LogP contribution is -2.27. The van der Waals surface area contributed by atoms with Gasteiger partial charge in [0.05, 0.1) is 18.5 Å². The minimum atomic E-state index is -0.288. The zero-order chi connectivity index (χ0) is 20.8. The van der Waals surface area contributed by atoms with Gasteiger partial charge in [0.2, 0.25) is 0 Å². The number of hydrogen-bond acceptors (Lipinski definition) is 4. The van der Waals surface area contributed by atoms with E-state index in [0.717, 1.165) is 58.2 Å². The van der Waals surface area contributed by atoms with Gasteiger partial charge in [0, 0.05) is 29.2 Å². The molecule has 3 aromatic rings. The third kappa shape index (κ3) is 2.91. The Balaban J connectivity index is 1.71. The van der Waals surface area contributed by atoms with Crippen molar-refractivity contribution >= 4 is 11.6 Å². The van der Waals surface area contributed by atoms with Gasteiger partial charge in [-0.15, -0.1) is 0 Å². The summed E-state index contributed by atoms with van der Waals surface area (Å²) in [5.74, 6) is 1.32. The van der Waals surface area contributed by atoms with Gasteiger partial charge in [-0.2, -0.15) is 5.10 Å². The number of carbonyl (C=O) groups is 1. The van der Waals surface area contributed by atoms with Crippen LogP contribution in [-0.4, -0.2) is 22.7 Å². The van der Waals surface area contributed by atoms with Crippen molar-refractivity contribution in [2.24, 2.45) is 0 Å². The minimum absolute atomic E-state index is 0.184. The second-order valence-electron chi connectivity index (χ2n) is 7.74. The van der Waals surface area contributed by atoms with Crippen LogP contribution in [-0.2, 0) is 4.79 Å². The maximum Gasteiger partial charge on any atom is 0.161 e. The highest BCUT2D eigenvalue weighted by molar-refractivity contribution is 6.01. The number of aromatic nitrogens is 2. The number of ketones is 1. The Kier molecular flexibility index (Phi) is 4.42. The molecular weight excluding hydrogens is 381 g/mol. The van der Waals surface area contributed by atoms with Gasteiger partial charge >= 0.3 is 0 Å². The Morgan fingerprint density at radius 3 is 2.53 bits per heavy atom. The van der Waals surface area contributed by atoms with E-state index in [9.17, 15) is 9.18 Å². The molecule has 2 aliphatic rings. The van der Waals surface area contributed by atoms with E-state index in [1.54, 1.807) is 19.2 Å². The second kappa shape index (κ2) is 7.13. The van der Waals surface area contributed by atoms with Gasteiger partial charge in [-0.3, -0.25) is 4.79 Å². The molecule has 0 bridgehead atoms. The third-order valence-electron chi connectivity index (χ3n) is 5.93. The van der Waals surface area contributed by atoms with Crippen molar-refractivity contribution in [1.29, 1.82) is 0 Å². The van der Waals surface area contributed by atoms with Crippen LogP contribution in [0.3, 0.4) is 0 Å². The molecule has 2 aromatic carbocycles. The first-order valence-corrected chi connectivity index (χ1v) is 10.1. The molecular formula is C24H22FN3O2. The van der Waals surface area contributed by atoms with Gasteiger partial charge in [0.25, 0.3) is 0 Å². The fourth-order valence-electron chi connectivity index (χ4n) is 4.52. The summed E-state index contributed by atoms with van der Waals surface area (Å²) in [6, 6.07) is 14.1. The highest BCUT2D eigenvalue weighted by Crippen LogP contribution is 2.47. The number of halogens is 1. The Hall–Kier alpha value is -3.41. The van der Waals surface area contributed by atoms with Crippen molar-refractivity contribution in [3.05, 3.63) is 82.4 Å². The number of ether oxygens (including phenoxy) is 1. The van der Waals surface area contributed by atoms with Crippen molar-refractivity contribution in [2.45, 2.75) is 32.1 Å². The number of benzene rings is 2. The van der Waals surface area contributed by atoms with Gasteiger partial charge < -0.3 is 10.1 Å². The van der Waals surface area contributed by atoms with E-state index >= 15 is 0 Å². The van der Waals surface area contributed by atoms with Gasteiger partial charge in [-0.1, -0.05) is 12.1 Å². The van der Waals surface area contributed by atoms with Crippen LogP contribution < -0.4 is 10.1 Å². The van der Waals surface area contributed by atoms with E-state index in [1.165, 1.54) is 12.1 Å². The topological polar surface area (TPSA) is 56.1 Å². The van der Waals surface area contributed by atoms with Crippen LogP contribution in [0.2, 0.25) is 0 Å². The van der Waals surface area contributed by atoms with Crippen molar-refractivity contribution in [3.8, 4) is 11.4 Å². The highest BCUT2D eigenvalue weighted by atomic mass is 19.1. The van der Waals surface area contributed by atoms with E-state index < -0.39 is 0 Å². The number of rotatable bonds is 3. The monoisotopic (exact) mass is 403 g/mol. The summed E-state index contributed by atoms with van der Waals surface area (Å²) in [5.41, 5.74) is 5.42. The number of fused-ring (bicyclic) bond motifs is 1. The molecule has 0 radical (unpaired) electrons. The SMILES string of the molecule is COc1ccc(C2C3=C(CCCC3=O)Nc3c2c(C)nn3-c2ccc(F)cc2)cc1. The summed E-state index contributed by atoms with van der Waals surface area (Å²) < 4.78 is 20.6. The number of carbonyl (C=O) groups excluding carboxylic acids is 1. The number of anilines is 1. The summed E-state index contributed by atoms with van der Waals surface area (Å²) in [6.45, 7) is 1.95. The number of nitrogens with one attached hydrogen (secondary N) is 1. The summed E-state index contributed by atoms with van der Waals surface area (Å²) in [7, 11) is 1.64. The van der Waals surface area contributed by atoms with E-state index in [2.05, 4.69) is 5.32 Å². The molecule has 0 fully saturated rings. The molecule has 6 heteroatoms. The number of allylic oxidation sites excluding steroid dienone is 2. The molecule has 152 valence electrons. The predicted octanol–water partition coefficient (Wildman–Crippen LogP) is 4.89. The van der Waals surface area contributed by atoms with Gasteiger partial charge in [0.1, 0.15) is 17.4 Å². The lowest BCUT2D eigenvalue weighted by Gasteiger charge is -2.33. The average molecular weight is 403 g/mol. The van der Waals surface area contributed by atoms with Crippen LogP contribution >= 0.6 is 0 Å². The predicted molar refractivity (Wildman–Crippen MR) is 113 cm³/mol. The molecule has 1 unspecified atom stereocenters. The van der Waals surface area contributed by atoms with Gasteiger partial charge in [0.15, 0.2) is 5.78 Å². The first-order chi connectivity index (χ1) is 14.6. The molecule has 0 spiro atoms. The number of Topliss-reactive ketones (excluding diaryl/α,β-unsaturated/α-hetero) is 1. The maximum absolute atomic E-state index is 13.5. The summed E-state index contributed by atoms with van der Waals surface area (Å²) in [4.78, 5) is 13.0. The fourth-order valence-corrected chi connectivity index (χ4v) is 4.52. The molecule has 0 saturated heterocycles. The van der Waals surface area contributed by atoms with Crippen molar-refractivity contribution in [2.75, 3.05) is 12.4 Å². The largest absolute Gasteiger partial charge is 0.497 e. The Labute approximate surface area is 174 Å². The number of hydrogen-bond donors (Lipinski definition) is 1. The molecule has 0 saturated carbocycles. The molecule has 30 heavy (non-hydrogen) atoms.